The summed E-state index contributed by atoms with van der Waals surface area (Å²) in [5.74, 6) is 1.79. The average Bonchev–Trinajstić information content (AvgIpc) is 3.01. The Morgan fingerprint density at radius 2 is 2.17 bits per heavy atom. The van der Waals surface area contributed by atoms with Crippen molar-refractivity contribution in [3.63, 3.8) is 0 Å². The molecule has 2 aromatic heterocycles. The van der Waals surface area contributed by atoms with Crippen LogP contribution >= 0.6 is 0 Å². The molecule has 0 unspecified atom stereocenters. The summed E-state index contributed by atoms with van der Waals surface area (Å²) in [5.41, 5.74) is 2.16. The zero-order valence-electron chi connectivity index (χ0n) is 13.2. The second-order valence-electron chi connectivity index (χ2n) is 5.77. The van der Waals surface area contributed by atoms with Crippen LogP contribution in [0.2, 0.25) is 0 Å². The van der Waals surface area contributed by atoms with E-state index < -0.39 is 0 Å². The molecular weight excluding hydrogens is 292 g/mol. The molecular formula is C16H18N6O. The third-order valence-electron chi connectivity index (χ3n) is 4.25. The van der Waals surface area contributed by atoms with Crippen LogP contribution in [0.1, 0.15) is 17.5 Å². The Hall–Kier alpha value is -2.54. The SMILES string of the molecule is Cc1cccc2c(N3CCO[C@@H](c4nncn4C)C3)ncnc12. The third kappa shape index (κ3) is 2.43. The van der Waals surface area contributed by atoms with Gasteiger partial charge in [0.05, 0.1) is 18.7 Å². The topological polar surface area (TPSA) is 69.0 Å². The van der Waals surface area contributed by atoms with Crippen LogP contribution in [0.5, 0.6) is 0 Å². The number of fused-ring (bicyclic) bond motifs is 1. The minimum absolute atomic E-state index is 0.105. The minimum Gasteiger partial charge on any atom is -0.366 e. The van der Waals surface area contributed by atoms with Crippen molar-refractivity contribution in [2.75, 3.05) is 24.6 Å². The third-order valence-corrected chi connectivity index (χ3v) is 4.25. The highest BCUT2D eigenvalue weighted by Crippen LogP contribution is 2.29. The van der Waals surface area contributed by atoms with Gasteiger partial charge in [-0.2, -0.15) is 0 Å². The molecule has 1 aliphatic heterocycles. The van der Waals surface area contributed by atoms with Gasteiger partial charge in [-0.25, -0.2) is 9.97 Å². The molecule has 0 radical (unpaired) electrons. The highest BCUT2D eigenvalue weighted by Gasteiger charge is 2.27. The standard InChI is InChI=1S/C16H18N6O/c1-11-4-3-5-12-14(11)17-9-18-15(12)22-6-7-23-13(8-22)16-20-19-10-21(16)2/h3-5,9-10,13H,6-8H2,1-2H3/t13-/m1/s1. The molecule has 1 fully saturated rings. The molecule has 0 saturated carbocycles. The maximum absolute atomic E-state index is 5.88. The fourth-order valence-electron chi connectivity index (χ4n) is 3.06. The van der Waals surface area contributed by atoms with Gasteiger partial charge in [-0.3, -0.25) is 0 Å². The summed E-state index contributed by atoms with van der Waals surface area (Å²) in [5, 5.41) is 9.19. The second kappa shape index (κ2) is 5.58. The molecule has 7 nitrogen and oxygen atoms in total. The lowest BCUT2D eigenvalue weighted by molar-refractivity contribution is 0.0319. The van der Waals surface area contributed by atoms with E-state index in [1.165, 1.54) is 0 Å². The summed E-state index contributed by atoms with van der Waals surface area (Å²) in [4.78, 5) is 11.2. The van der Waals surface area contributed by atoms with Gasteiger partial charge in [0.15, 0.2) is 5.82 Å². The van der Waals surface area contributed by atoms with Gasteiger partial charge < -0.3 is 14.2 Å². The number of anilines is 1. The van der Waals surface area contributed by atoms with Crippen molar-refractivity contribution in [1.82, 2.24) is 24.7 Å². The highest BCUT2D eigenvalue weighted by molar-refractivity contribution is 5.91. The predicted octanol–water partition coefficient (Wildman–Crippen LogP) is 1.64. The molecule has 4 rings (SSSR count). The van der Waals surface area contributed by atoms with E-state index in [1.807, 2.05) is 17.7 Å². The summed E-state index contributed by atoms with van der Waals surface area (Å²) < 4.78 is 7.78. The molecule has 1 atom stereocenters. The molecule has 3 aromatic rings. The van der Waals surface area contributed by atoms with Gasteiger partial charge in [0.2, 0.25) is 0 Å². The molecule has 7 heteroatoms. The van der Waals surface area contributed by atoms with Crippen LogP contribution < -0.4 is 4.90 Å². The first kappa shape index (κ1) is 14.1. The molecule has 3 heterocycles. The van der Waals surface area contributed by atoms with E-state index in [2.05, 4.69) is 44.1 Å². The van der Waals surface area contributed by atoms with Crippen molar-refractivity contribution in [1.29, 1.82) is 0 Å². The fraction of sp³-hybridized carbons (Fsp3) is 0.375. The number of ether oxygens (including phenoxy) is 1. The Labute approximate surface area is 133 Å². The van der Waals surface area contributed by atoms with Crippen LogP contribution in [0, 0.1) is 6.92 Å². The van der Waals surface area contributed by atoms with E-state index in [1.54, 1.807) is 12.7 Å². The number of hydrogen-bond donors (Lipinski definition) is 0. The van der Waals surface area contributed by atoms with E-state index in [4.69, 9.17) is 4.74 Å². The predicted molar refractivity (Wildman–Crippen MR) is 86.2 cm³/mol. The van der Waals surface area contributed by atoms with Gasteiger partial charge in [-0.15, -0.1) is 10.2 Å². The Kier molecular flexibility index (Phi) is 3.42. The van der Waals surface area contributed by atoms with Gasteiger partial charge in [0.25, 0.3) is 0 Å². The number of aryl methyl sites for hydroxylation is 2. The van der Waals surface area contributed by atoms with Crippen LogP contribution in [0.15, 0.2) is 30.9 Å². The van der Waals surface area contributed by atoms with E-state index in [-0.39, 0.29) is 6.10 Å². The van der Waals surface area contributed by atoms with Crippen LogP contribution in [-0.2, 0) is 11.8 Å². The zero-order valence-corrected chi connectivity index (χ0v) is 13.2. The van der Waals surface area contributed by atoms with Gasteiger partial charge >= 0.3 is 0 Å². The number of morpholine rings is 1. The lowest BCUT2D eigenvalue weighted by Crippen LogP contribution is -2.39. The molecule has 118 valence electrons. The number of aromatic nitrogens is 5. The Balaban J connectivity index is 1.71. The van der Waals surface area contributed by atoms with E-state index in [0.29, 0.717) is 13.2 Å². The fourth-order valence-corrected chi connectivity index (χ4v) is 3.06. The molecule has 0 amide bonds. The smallest absolute Gasteiger partial charge is 0.163 e. The van der Waals surface area contributed by atoms with Crippen molar-refractivity contribution in [3.05, 3.63) is 42.2 Å². The number of benzene rings is 1. The largest absolute Gasteiger partial charge is 0.366 e. The quantitative estimate of drug-likeness (QED) is 0.717. The van der Waals surface area contributed by atoms with Crippen LogP contribution in [0.4, 0.5) is 5.82 Å². The lowest BCUT2D eigenvalue weighted by atomic mass is 10.1. The highest BCUT2D eigenvalue weighted by atomic mass is 16.5. The van der Waals surface area contributed by atoms with Gasteiger partial charge in [0, 0.05) is 19.0 Å². The lowest BCUT2D eigenvalue weighted by Gasteiger charge is -2.33. The first-order valence-electron chi connectivity index (χ1n) is 7.65. The first-order chi connectivity index (χ1) is 11.2. The average molecular weight is 310 g/mol. The molecule has 23 heavy (non-hydrogen) atoms. The Morgan fingerprint density at radius 1 is 1.26 bits per heavy atom. The van der Waals surface area contributed by atoms with Gasteiger partial charge in [-0.1, -0.05) is 12.1 Å². The van der Waals surface area contributed by atoms with Crippen LogP contribution in [0.3, 0.4) is 0 Å². The van der Waals surface area contributed by atoms with Crippen molar-refractivity contribution < 1.29 is 4.74 Å². The minimum atomic E-state index is -0.105. The summed E-state index contributed by atoms with van der Waals surface area (Å²) >= 11 is 0. The molecule has 0 bridgehead atoms. The van der Waals surface area contributed by atoms with Crippen molar-refractivity contribution in [2.45, 2.75) is 13.0 Å². The number of para-hydroxylation sites is 1. The molecule has 1 aromatic carbocycles. The normalized spacial score (nSPS) is 18.5. The Bertz CT molecular complexity index is 845. The van der Waals surface area contributed by atoms with E-state index in [9.17, 15) is 0 Å². The number of hydrogen-bond acceptors (Lipinski definition) is 6. The van der Waals surface area contributed by atoms with Crippen LogP contribution in [-0.4, -0.2) is 44.4 Å². The van der Waals surface area contributed by atoms with Crippen molar-refractivity contribution in [3.8, 4) is 0 Å². The van der Waals surface area contributed by atoms with Crippen molar-refractivity contribution in [2.24, 2.45) is 7.05 Å². The van der Waals surface area contributed by atoms with Gasteiger partial charge in [-0.05, 0) is 18.6 Å². The summed E-state index contributed by atoms with van der Waals surface area (Å²) in [6.45, 7) is 4.20. The zero-order chi connectivity index (χ0) is 15.8. The number of rotatable bonds is 2. The molecule has 0 aliphatic carbocycles. The van der Waals surface area contributed by atoms with Crippen molar-refractivity contribution >= 4 is 16.7 Å². The first-order valence-corrected chi connectivity index (χ1v) is 7.65. The summed E-state index contributed by atoms with van der Waals surface area (Å²) in [7, 11) is 1.93. The van der Waals surface area contributed by atoms with Crippen LogP contribution in [0.25, 0.3) is 10.9 Å². The molecule has 0 N–H and O–H groups in total. The van der Waals surface area contributed by atoms with Gasteiger partial charge in [0.1, 0.15) is 24.6 Å². The summed E-state index contributed by atoms with van der Waals surface area (Å²) in [6, 6.07) is 6.19. The summed E-state index contributed by atoms with van der Waals surface area (Å²) in [6.07, 6.45) is 3.23. The maximum Gasteiger partial charge on any atom is 0.163 e. The second-order valence-corrected chi connectivity index (χ2v) is 5.77. The molecule has 1 saturated heterocycles. The molecule has 0 spiro atoms. The van der Waals surface area contributed by atoms with E-state index >= 15 is 0 Å². The Morgan fingerprint density at radius 3 is 3.00 bits per heavy atom. The number of nitrogens with zero attached hydrogens (tertiary/aromatic N) is 6. The maximum atomic E-state index is 5.88. The molecule has 1 aliphatic rings. The monoisotopic (exact) mass is 310 g/mol. The van der Waals surface area contributed by atoms with E-state index in [0.717, 1.165) is 34.7 Å².